The van der Waals surface area contributed by atoms with Crippen LogP contribution in [0, 0.1) is 5.92 Å². The molecule has 3 nitrogen and oxygen atoms in total. The number of nitrogens with zero attached hydrogens (tertiary/aromatic N) is 2. The van der Waals surface area contributed by atoms with E-state index in [1.165, 1.54) is 24.3 Å². The van der Waals surface area contributed by atoms with Crippen molar-refractivity contribution in [3.63, 3.8) is 0 Å². The Hall–Kier alpha value is -1.29. The van der Waals surface area contributed by atoms with Gasteiger partial charge in [-0.1, -0.05) is 0 Å². The van der Waals surface area contributed by atoms with Crippen molar-refractivity contribution < 1.29 is 4.79 Å². The summed E-state index contributed by atoms with van der Waals surface area (Å²) in [5.41, 5.74) is 1.64. The fourth-order valence-electron chi connectivity index (χ4n) is 2.56. The lowest BCUT2D eigenvalue weighted by Crippen LogP contribution is -2.14. The predicted octanol–water partition coefficient (Wildman–Crippen LogP) is 2.83. The first-order valence-corrected chi connectivity index (χ1v) is 7.52. The molecule has 0 unspecified atom stereocenters. The number of pyridine rings is 1. The highest BCUT2D eigenvalue weighted by Crippen LogP contribution is 2.26. The zero-order valence-electron chi connectivity index (χ0n) is 10.2. The highest BCUT2D eigenvalue weighted by Gasteiger charge is 2.17. The van der Waals surface area contributed by atoms with E-state index < -0.39 is 0 Å². The molecule has 4 heteroatoms. The number of imidazole rings is 1. The summed E-state index contributed by atoms with van der Waals surface area (Å²) >= 11 is 2.05. The number of aldehydes is 1. The average molecular weight is 260 g/mol. The molecule has 1 fully saturated rings. The molecule has 3 heterocycles. The smallest absolute Gasteiger partial charge is 0.152 e. The molecule has 1 saturated heterocycles. The van der Waals surface area contributed by atoms with Crippen molar-refractivity contribution in [3.05, 3.63) is 35.9 Å². The Balaban J connectivity index is 1.90. The largest absolute Gasteiger partial charge is 0.303 e. The SMILES string of the molecule is O=Cc1cccn2c(CC3CCSCC3)ncc12. The molecule has 3 rings (SSSR count). The van der Waals surface area contributed by atoms with Crippen molar-refractivity contribution in [2.24, 2.45) is 5.92 Å². The van der Waals surface area contributed by atoms with Crippen LogP contribution in [0.2, 0.25) is 0 Å². The van der Waals surface area contributed by atoms with Gasteiger partial charge in [-0.05, 0) is 42.4 Å². The topological polar surface area (TPSA) is 34.4 Å². The molecule has 0 bridgehead atoms. The maximum absolute atomic E-state index is 11.0. The van der Waals surface area contributed by atoms with E-state index in [2.05, 4.69) is 9.38 Å². The van der Waals surface area contributed by atoms with Crippen molar-refractivity contribution in [3.8, 4) is 0 Å². The summed E-state index contributed by atoms with van der Waals surface area (Å²) in [5.74, 6) is 4.38. The first-order valence-electron chi connectivity index (χ1n) is 6.36. The molecule has 0 radical (unpaired) electrons. The van der Waals surface area contributed by atoms with Crippen LogP contribution >= 0.6 is 11.8 Å². The zero-order chi connectivity index (χ0) is 12.4. The zero-order valence-corrected chi connectivity index (χ0v) is 11.0. The van der Waals surface area contributed by atoms with Crippen LogP contribution in [-0.2, 0) is 6.42 Å². The van der Waals surface area contributed by atoms with Crippen molar-refractivity contribution in [1.29, 1.82) is 0 Å². The molecule has 0 amide bonds. The van der Waals surface area contributed by atoms with E-state index in [1.54, 1.807) is 0 Å². The summed E-state index contributed by atoms with van der Waals surface area (Å²) in [6.45, 7) is 0. The van der Waals surface area contributed by atoms with Gasteiger partial charge in [0.15, 0.2) is 6.29 Å². The van der Waals surface area contributed by atoms with Crippen LogP contribution in [0.4, 0.5) is 0 Å². The van der Waals surface area contributed by atoms with Crippen LogP contribution in [0.1, 0.15) is 29.0 Å². The molecule has 94 valence electrons. The normalized spacial score (nSPS) is 17.1. The van der Waals surface area contributed by atoms with Gasteiger partial charge in [0.2, 0.25) is 0 Å². The van der Waals surface area contributed by atoms with Gasteiger partial charge in [-0.3, -0.25) is 4.79 Å². The van der Waals surface area contributed by atoms with Gasteiger partial charge in [0.25, 0.3) is 0 Å². The van der Waals surface area contributed by atoms with Gasteiger partial charge in [0.05, 0.1) is 11.7 Å². The first-order chi connectivity index (χ1) is 8.88. The van der Waals surface area contributed by atoms with Gasteiger partial charge in [-0.25, -0.2) is 4.98 Å². The molecule has 1 aliphatic rings. The van der Waals surface area contributed by atoms with E-state index in [1.807, 2.05) is 36.3 Å². The summed E-state index contributed by atoms with van der Waals surface area (Å²) in [6.07, 6.45) is 8.31. The van der Waals surface area contributed by atoms with Crippen LogP contribution in [0.25, 0.3) is 5.52 Å². The number of carbonyl (C=O) groups excluding carboxylic acids is 1. The molecular formula is C14H16N2OS. The Morgan fingerprint density at radius 2 is 2.28 bits per heavy atom. The molecule has 0 spiro atoms. The Bertz CT molecular complexity index is 558. The Morgan fingerprint density at radius 1 is 1.44 bits per heavy atom. The lowest BCUT2D eigenvalue weighted by molar-refractivity contribution is 0.112. The van der Waals surface area contributed by atoms with Crippen LogP contribution in [0.3, 0.4) is 0 Å². The molecule has 0 aromatic carbocycles. The highest BCUT2D eigenvalue weighted by molar-refractivity contribution is 7.99. The van der Waals surface area contributed by atoms with Crippen molar-refractivity contribution in [2.75, 3.05) is 11.5 Å². The van der Waals surface area contributed by atoms with Gasteiger partial charge in [-0.2, -0.15) is 11.8 Å². The van der Waals surface area contributed by atoms with E-state index in [-0.39, 0.29) is 0 Å². The maximum atomic E-state index is 11.0. The van der Waals surface area contributed by atoms with Crippen molar-refractivity contribution in [1.82, 2.24) is 9.38 Å². The molecular weight excluding hydrogens is 244 g/mol. The molecule has 1 aliphatic heterocycles. The van der Waals surface area contributed by atoms with Crippen molar-refractivity contribution in [2.45, 2.75) is 19.3 Å². The molecule has 18 heavy (non-hydrogen) atoms. The number of hydrogen-bond acceptors (Lipinski definition) is 3. The minimum atomic E-state index is 0.718. The van der Waals surface area contributed by atoms with Crippen LogP contribution in [-0.4, -0.2) is 27.2 Å². The monoisotopic (exact) mass is 260 g/mol. The summed E-state index contributed by atoms with van der Waals surface area (Å²) in [7, 11) is 0. The van der Waals surface area contributed by atoms with Crippen LogP contribution in [0.5, 0.6) is 0 Å². The number of hydrogen-bond donors (Lipinski definition) is 0. The Labute approximate surface area is 111 Å². The molecule has 2 aromatic rings. The second-order valence-electron chi connectivity index (χ2n) is 4.77. The number of thioether (sulfide) groups is 1. The molecule has 2 aromatic heterocycles. The molecule has 0 aliphatic carbocycles. The van der Waals surface area contributed by atoms with E-state index in [0.29, 0.717) is 0 Å². The first kappa shape index (κ1) is 11.8. The summed E-state index contributed by atoms with van der Waals surface area (Å²) < 4.78 is 2.06. The third kappa shape index (κ3) is 2.17. The lowest BCUT2D eigenvalue weighted by atomic mass is 9.98. The van der Waals surface area contributed by atoms with Crippen molar-refractivity contribution >= 4 is 23.6 Å². The molecule has 0 atom stereocenters. The fraction of sp³-hybridized carbons (Fsp3) is 0.429. The standard InChI is InChI=1S/C14H16N2OS/c17-10-12-2-1-5-16-13(12)9-15-14(16)8-11-3-6-18-7-4-11/h1-2,5,9-11H,3-4,6-8H2. The summed E-state index contributed by atoms with van der Waals surface area (Å²) in [6, 6.07) is 3.75. The number of carbonyl (C=O) groups is 1. The van der Waals surface area contributed by atoms with Gasteiger partial charge in [-0.15, -0.1) is 0 Å². The Kier molecular flexibility index (Phi) is 3.37. The van der Waals surface area contributed by atoms with Gasteiger partial charge in [0.1, 0.15) is 5.82 Å². The van der Waals surface area contributed by atoms with E-state index in [0.717, 1.165) is 35.5 Å². The fourth-order valence-corrected chi connectivity index (χ4v) is 3.76. The highest BCUT2D eigenvalue weighted by atomic mass is 32.2. The third-order valence-corrected chi connectivity index (χ3v) is 4.67. The number of aromatic nitrogens is 2. The number of fused-ring (bicyclic) bond motifs is 1. The second-order valence-corrected chi connectivity index (χ2v) is 6.00. The third-order valence-electron chi connectivity index (χ3n) is 3.62. The van der Waals surface area contributed by atoms with E-state index >= 15 is 0 Å². The maximum Gasteiger partial charge on any atom is 0.152 e. The van der Waals surface area contributed by atoms with Gasteiger partial charge >= 0.3 is 0 Å². The second kappa shape index (κ2) is 5.14. The quantitative estimate of drug-likeness (QED) is 0.796. The summed E-state index contributed by atoms with van der Waals surface area (Å²) in [4.78, 5) is 15.5. The molecule has 0 N–H and O–H groups in total. The minimum Gasteiger partial charge on any atom is -0.303 e. The number of rotatable bonds is 3. The van der Waals surface area contributed by atoms with Gasteiger partial charge < -0.3 is 4.40 Å². The van der Waals surface area contributed by atoms with Crippen LogP contribution < -0.4 is 0 Å². The Morgan fingerprint density at radius 3 is 3.06 bits per heavy atom. The van der Waals surface area contributed by atoms with Crippen LogP contribution in [0.15, 0.2) is 24.5 Å². The molecule has 0 saturated carbocycles. The average Bonchev–Trinajstić information content (AvgIpc) is 2.83. The minimum absolute atomic E-state index is 0.718. The van der Waals surface area contributed by atoms with E-state index in [4.69, 9.17) is 0 Å². The van der Waals surface area contributed by atoms with Gasteiger partial charge in [0, 0.05) is 18.2 Å². The summed E-state index contributed by atoms with van der Waals surface area (Å²) in [5, 5.41) is 0. The van der Waals surface area contributed by atoms with E-state index in [9.17, 15) is 4.79 Å². The lowest BCUT2D eigenvalue weighted by Gasteiger charge is -2.20. The predicted molar refractivity (Wildman–Crippen MR) is 74.3 cm³/mol.